The van der Waals surface area contributed by atoms with Crippen molar-refractivity contribution in [3.8, 4) is 0 Å². The van der Waals surface area contributed by atoms with E-state index in [-0.39, 0.29) is 30.1 Å². The molecule has 0 unspecified atom stereocenters. The molecule has 0 aromatic heterocycles. The minimum absolute atomic E-state index is 0.0132. The van der Waals surface area contributed by atoms with Crippen LogP contribution in [0.25, 0.3) is 0 Å². The van der Waals surface area contributed by atoms with Crippen LogP contribution in [0, 0.1) is 40.4 Å². The van der Waals surface area contributed by atoms with E-state index in [0.717, 1.165) is 32.1 Å². The van der Waals surface area contributed by atoms with Gasteiger partial charge in [-0.1, -0.05) is 41.0 Å². The van der Waals surface area contributed by atoms with Gasteiger partial charge in [0.25, 0.3) is 0 Å². The Labute approximate surface area is 207 Å². The number of Topliss-reactive ketones (excluding diaryl/α,β-unsaturated/α-hetero) is 1. The molecule has 0 heterocycles. The summed E-state index contributed by atoms with van der Waals surface area (Å²) in [5.74, 6) is 0.898. The molecule has 0 aromatic rings. The third-order valence-corrected chi connectivity index (χ3v) is 10.5. The zero-order valence-corrected chi connectivity index (χ0v) is 22.4. The second-order valence-electron chi connectivity index (χ2n) is 12.9. The zero-order chi connectivity index (χ0) is 25.5. The number of rotatable bonds is 9. The Hall–Kier alpha value is -0.750. The predicted molar refractivity (Wildman–Crippen MR) is 135 cm³/mol. The first-order valence-electron chi connectivity index (χ1n) is 13.8. The highest BCUT2D eigenvalue weighted by Crippen LogP contribution is 2.60. The minimum atomic E-state index is -0.876. The van der Waals surface area contributed by atoms with E-state index in [1.54, 1.807) is 6.08 Å². The summed E-state index contributed by atoms with van der Waals surface area (Å²) in [4.78, 5) is 13.9. The maximum absolute atomic E-state index is 13.9. The molecule has 0 aromatic carbocycles. The lowest BCUT2D eigenvalue weighted by molar-refractivity contribution is -0.139. The molecular weight excluding hydrogens is 428 g/mol. The molecule has 4 N–H and O–H groups in total. The Morgan fingerprint density at radius 3 is 2.44 bits per heavy atom. The number of fused-ring (bicyclic) bond motifs is 1. The maximum atomic E-state index is 13.9. The number of aliphatic hydroxyl groups is 4. The first-order valence-corrected chi connectivity index (χ1v) is 13.8. The Kier molecular flexibility index (Phi) is 8.45. The number of allylic oxidation sites excluding steroid dienone is 1. The number of hydrogen-bond donors (Lipinski definition) is 4. The molecule has 5 heteroatoms. The Bertz CT molecular complexity index is 758. The average molecular weight is 479 g/mol. The molecule has 3 aliphatic rings. The van der Waals surface area contributed by atoms with E-state index in [4.69, 9.17) is 0 Å². The van der Waals surface area contributed by atoms with Gasteiger partial charge in [0.15, 0.2) is 5.78 Å². The van der Waals surface area contributed by atoms with Gasteiger partial charge in [0.05, 0.1) is 17.8 Å². The van der Waals surface area contributed by atoms with E-state index >= 15 is 0 Å². The number of aliphatic hydroxyl groups excluding tert-OH is 3. The molecule has 9 atom stereocenters. The van der Waals surface area contributed by atoms with Crippen LogP contribution < -0.4 is 0 Å². The highest BCUT2D eigenvalue weighted by atomic mass is 16.3. The van der Waals surface area contributed by atoms with Crippen molar-refractivity contribution in [3.63, 3.8) is 0 Å². The molecular formula is C29H50O5. The van der Waals surface area contributed by atoms with E-state index in [2.05, 4.69) is 27.7 Å². The summed E-state index contributed by atoms with van der Waals surface area (Å²) in [6.45, 7) is 12.8. The number of ketones is 1. The first-order chi connectivity index (χ1) is 15.8. The highest BCUT2D eigenvalue weighted by Gasteiger charge is 2.58. The van der Waals surface area contributed by atoms with Crippen LogP contribution in [0.1, 0.15) is 99.3 Å². The molecule has 0 radical (unpaired) electrons. The summed E-state index contributed by atoms with van der Waals surface area (Å²) < 4.78 is 0. The van der Waals surface area contributed by atoms with Crippen molar-refractivity contribution in [2.24, 2.45) is 40.4 Å². The lowest BCUT2D eigenvalue weighted by Gasteiger charge is -2.50. The van der Waals surface area contributed by atoms with Crippen molar-refractivity contribution in [2.75, 3.05) is 6.61 Å². The van der Waals surface area contributed by atoms with Crippen molar-refractivity contribution >= 4 is 5.78 Å². The van der Waals surface area contributed by atoms with E-state index in [0.29, 0.717) is 43.1 Å². The van der Waals surface area contributed by atoms with Gasteiger partial charge in [-0.2, -0.15) is 0 Å². The fourth-order valence-electron chi connectivity index (χ4n) is 8.12. The van der Waals surface area contributed by atoms with E-state index < -0.39 is 28.6 Å². The van der Waals surface area contributed by atoms with Crippen LogP contribution >= 0.6 is 0 Å². The monoisotopic (exact) mass is 478 g/mol. The summed E-state index contributed by atoms with van der Waals surface area (Å²) in [5.41, 5.74) is -1.25. The van der Waals surface area contributed by atoms with E-state index in [1.807, 2.05) is 13.8 Å². The van der Waals surface area contributed by atoms with Gasteiger partial charge in [-0.15, -0.1) is 0 Å². The fourth-order valence-corrected chi connectivity index (χ4v) is 8.12. The number of carbonyl (C=O) groups excluding carboxylic acids is 1. The van der Waals surface area contributed by atoms with Crippen molar-refractivity contribution in [3.05, 3.63) is 11.6 Å². The summed E-state index contributed by atoms with van der Waals surface area (Å²) in [5, 5.41) is 43.0. The second-order valence-corrected chi connectivity index (χ2v) is 12.9. The Balaban J connectivity index is 1.90. The van der Waals surface area contributed by atoms with Gasteiger partial charge in [-0.25, -0.2) is 0 Å². The third-order valence-electron chi connectivity index (χ3n) is 10.5. The lowest BCUT2D eigenvalue weighted by Crippen LogP contribution is -2.52. The first kappa shape index (κ1) is 27.8. The van der Waals surface area contributed by atoms with Crippen LogP contribution in [0.15, 0.2) is 11.6 Å². The van der Waals surface area contributed by atoms with Crippen molar-refractivity contribution in [2.45, 2.75) is 117 Å². The van der Waals surface area contributed by atoms with Gasteiger partial charge in [-0.05, 0) is 99.0 Å². The van der Waals surface area contributed by atoms with Gasteiger partial charge < -0.3 is 20.4 Å². The maximum Gasteiger partial charge on any atom is 0.165 e. The SMILES string of the molecule is CC[C@H](CC[C@](C)(O)[C@H]1CC[C@@H](C2=C[C@H](O)[C@H]3C[C@@H](O)CC[C@]3(C)C2=O)[C@]1(C)CCO)C(C)C. The van der Waals surface area contributed by atoms with E-state index in [9.17, 15) is 25.2 Å². The quantitative estimate of drug-likeness (QED) is 0.387. The highest BCUT2D eigenvalue weighted by molar-refractivity contribution is 6.01. The van der Waals surface area contributed by atoms with Crippen molar-refractivity contribution < 1.29 is 25.2 Å². The summed E-state index contributed by atoms with van der Waals surface area (Å²) in [6.07, 6.45) is 7.09. The Morgan fingerprint density at radius 1 is 1.18 bits per heavy atom. The van der Waals surface area contributed by atoms with Gasteiger partial charge in [0.2, 0.25) is 0 Å². The molecule has 3 aliphatic carbocycles. The molecule has 0 spiro atoms. The molecule has 34 heavy (non-hydrogen) atoms. The Morgan fingerprint density at radius 2 is 1.85 bits per heavy atom. The minimum Gasteiger partial charge on any atom is -0.396 e. The third kappa shape index (κ3) is 4.92. The number of carbonyl (C=O) groups is 1. The molecule has 0 aliphatic heterocycles. The van der Waals surface area contributed by atoms with Gasteiger partial charge >= 0.3 is 0 Å². The normalized spacial score (nSPS) is 41.2. The molecule has 2 saturated carbocycles. The fraction of sp³-hybridized carbons (Fsp3) is 0.897. The molecule has 5 nitrogen and oxygen atoms in total. The lowest BCUT2D eigenvalue weighted by atomic mass is 9.55. The topological polar surface area (TPSA) is 98.0 Å². The van der Waals surface area contributed by atoms with Crippen molar-refractivity contribution in [1.82, 2.24) is 0 Å². The van der Waals surface area contributed by atoms with Gasteiger partial charge in [-0.3, -0.25) is 4.79 Å². The standard InChI is InChI=1S/C29H50O5/c1-7-19(18(2)3)10-13-29(6,34)25-9-8-22(27(25,4)14-15-30)21-17-24(32)23-16-20(31)11-12-28(23,5)26(21)33/h17-20,22-25,30-32,34H,7-16H2,1-6H3/t19-,20+,22+,23-,24+,25+,27+,28+,29+/m1/s1. The second kappa shape index (κ2) is 10.3. The number of hydrogen-bond acceptors (Lipinski definition) is 5. The molecule has 0 saturated heterocycles. The molecule has 0 bridgehead atoms. The van der Waals surface area contributed by atoms with Crippen LogP contribution in [0.5, 0.6) is 0 Å². The van der Waals surface area contributed by atoms with Crippen molar-refractivity contribution in [1.29, 1.82) is 0 Å². The largest absolute Gasteiger partial charge is 0.396 e. The van der Waals surface area contributed by atoms with Crippen LogP contribution in [-0.2, 0) is 4.79 Å². The van der Waals surface area contributed by atoms with Crippen LogP contribution in [0.3, 0.4) is 0 Å². The van der Waals surface area contributed by atoms with Crippen LogP contribution in [-0.4, -0.2) is 50.6 Å². The molecule has 0 amide bonds. The molecule has 3 rings (SSSR count). The van der Waals surface area contributed by atoms with Crippen LogP contribution in [0.4, 0.5) is 0 Å². The molecule has 196 valence electrons. The average Bonchev–Trinajstić information content (AvgIpc) is 3.10. The van der Waals surface area contributed by atoms with Gasteiger partial charge in [0.1, 0.15) is 0 Å². The summed E-state index contributed by atoms with van der Waals surface area (Å²) in [7, 11) is 0. The zero-order valence-electron chi connectivity index (χ0n) is 22.4. The van der Waals surface area contributed by atoms with E-state index in [1.165, 1.54) is 0 Å². The molecule has 2 fully saturated rings. The van der Waals surface area contributed by atoms with Gasteiger partial charge in [0, 0.05) is 17.9 Å². The summed E-state index contributed by atoms with van der Waals surface area (Å²) >= 11 is 0. The smallest absolute Gasteiger partial charge is 0.165 e. The predicted octanol–water partition coefficient (Wildman–Crippen LogP) is 4.65. The summed E-state index contributed by atoms with van der Waals surface area (Å²) in [6, 6.07) is 0. The van der Waals surface area contributed by atoms with Crippen LogP contribution in [0.2, 0.25) is 0 Å².